The summed E-state index contributed by atoms with van der Waals surface area (Å²) < 4.78 is 25.5. The topological polar surface area (TPSA) is 66.5 Å². The number of halogens is 2. The van der Waals surface area contributed by atoms with Crippen LogP contribution >= 0.6 is 23.2 Å². The van der Waals surface area contributed by atoms with Crippen molar-refractivity contribution in [3.05, 3.63) is 63.6 Å². The lowest BCUT2D eigenvalue weighted by atomic mass is 10.2. The molecule has 24 heavy (non-hydrogen) atoms. The molecular weight excluding hydrogens is 371 g/mol. The van der Waals surface area contributed by atoms with E-state index in [1.165, 1.54) is 32.3 Å². The van der Waals surface area contributed by atoms with Crippen LogP contribution in [-0.2, 0) is 16.6 Å². The Labute approximate surface area is 151 Å². The lowest BCUT2D eigenvalue weighted by molar-refractivity contribution is 0.0950. The Morgan fingerprint density at radius 3 is 2.38 bits per heavy atom. The lowest BCUT2D eigenvalue weighted by Crippen LogP contribution is -2.25. The molecule has 0 bridgehead atoms. The third kappa shape index (κ3) is 4.08. The maximum atomic E-state index is 12.3. The fraction of sp³-hybridized carbons (Fsp3) is 0.188. The summed E-state index contributed by atoms with van der Waals surface area (Å²) in [7, 11) is -0.940. The molecule has 1 N–H and O–H groups in total. The van der Waals surface area contributed by atoms with Gasteiger partial charge < -0.3 is 5.32 Å². The number of carbonyl (C=O) groups excluding carboxylic acids is 1. The third-order valence-electron chi connectivity index (χ3n) is 3.35. The largest absolute Gasteiger partial charge is 0.348 e. The monoisotopic (exact) mass is 386 g/mol. The van der Waals surface area contributed by atoms with Crippen molar-refractivity contribution in [1.29, 1.82) is 0 Å². The van der Waals surface area contributed by atoms with E-state index in [0.717, 1.165) is 9.87 Å². The quantitative estimate of drug-likeness (QED) is 0.857. The zero-order valence-corrected chi connectivity index (χ0v) is 15.4. The second-order valence-electron chi connectivity index (χ2n) is 5.21. The predicted octanol–water partition coefficient (Wildman–Crippen LogP) is 3.17. The Bertz CT molecular complexity index is 867. The minimum Gasteiger partial charge on any atom is -0.348 e. The molecule has 0 atom stereocenters. The summed E-state index contributed by atoms with van der Waals surface area (Å²) in [5.74, 6) is -0.415. The van der Waals surface area contributed by atoms with Crippen LogP contribution in [-0.4, -0.2) is 32.7 Å². The third-order valence-corrected chi connectivity index (χ3v) is 6.01. The Hall–Kier alpha value is -1.60. The second kappa shape index (κ2) is 7.53. The van der Waals surface area contributed by atoms with Crippen LogP contribution < -0.4 is 5.32 Å². The van der Waals surface area contributed by atoms with Crippen LogP contribution in [0.4, 0.5) is 0 Å². The molecule has 0 heterocycles. The number of sulfonamides is 1. The molecule has 5 nitrogen and oxygen atoms in total. The first-order valence-corrected chi connectivity index (χ1v) is 9.17. The zero-order valence-electron chi connectivity index (χ0n) is 13.1. The van der Waals surface area contributed by atoms with E-state index in [1.54, 1.807) is 18.2 Å². The van der Waals surface area contributed by atoms with Crippen LogP contribution in [0, 0.1) is 0 Å². The zero-order chi connectivity index (χ0) is 17.9. The van der Waals surface area contributed by atoms with Crippen molar-refractivity contribution >= 4 is 39.1 Å². The average Bonchev–Trinajstić information content (AvgIpc) is 2.54. The van der Waals surface area contributed by atoms with E-state index in [1.807, 2.05) is 6.07 Å². The molecule has 0 unspecified atom stereocenters. The van der Waals surface area contributed by atoms with Crippen LogP contribution in [0.15, 0.2) is 47.4 Å². The summed E-state index contributed by atoms with van der Waals surface area (Å²) >= 11 is 12.0. The van der Waals surface area contributed by atoms with E-state index >= 15 is 0 Å². The van der Waals surface area contributed by atoms with Crippen molar-refractivity contribution in [1.82, 2.24) is 9.62 Å². The number of nitrogens with one attached hydrogen (secondary N) is 1. The summed E-state index contributed by atoms with van der Waals surface area (Å²) in [6.07, 6.45) is 0. The summed E-state index contributed by atoms with van der Waals surface area (Å²) in [4.78, 5) is 12.2. The SMILES string of the molecule is CN(C)S(=O)(=O)c1cc(C(=O)NCc2ccccc2Cl)ccc1Cl. The van der Waals surface area contributed by atoms with Gasteiger partial charge in [0.05, 0.1) is 5.02 Å². The van der Waals surface area contributed by atoms with Crippen LogP contribution in [0.5, 0.6) is 0 Å². The molecule has 0 spiro atoms. The number of hydrogen-bond donors (Lipinski definition) is 1. The van der Waals surface area contributed by atoms with Gasteiger partial charge in [-0.15, -0.1) is 0 Å². The van der Waals surface area contributed by atoms with Crippen LogP contribution in [0.2, 0.25) is 10.0 Å². The number of benzene rings is 2. The summed E-state index contributed by atoms with van der Waals surface area (Å²) in [5.41, 5.74) is 0.967. The maximum absolute atomic E-state index is 12.3. The molecule has 0 aliphatic heterocycles. The van der Waals surface area contributed by atoms with Crippen molar-refractivity contribution in [3.63, 3.8) is 0 Å². The summed E-state index contributed by atoms with van der Waals surface area (Å²) in [5, 5.41) is 3.32. The highest BCUT2D eigenvalue weighted by Gasteiger charge is 2.22. The highest BCUT2D eigenvalue weighted by Crippen LogP contribution is 2.25. The van der Waals surface area contributed by atoms with Gasteiger partial charge in [-0.05, 0) is 29.8 Å². The number of carbonyl (C=O) groups is 1. The number of rotatable bonds is 5. The standard InChI is InChI=1S/C16H16Cl2N2O3S/c1-20(2)24(22,23)15-9-11(7-8-14(15)18)16(21)19-10-12-5-3-4-6-13(12)17/h3-9H,10H2,1-2H3,(H,19,21). The molecule has 0 aliphatic rings. The fourth-order valence-corrected chi connectivity index (χ4v) is 3.55. The van der Waals surface area contributed by atoms with Gasteiger partial charge in [0, 0.05) is 31.2 Å². The molecule has 0 saturated heterocycles. The predicted molar refractivity (Wildman–Crippen MR) is 94.9 cm³/mol. The van der Waals surface area contributed by atoms with Crippen LogP contribution in [0.3, 0.4) is 0 Å². The van der Waals surface area contributed by atoms with Gasteiger partial charge in [0.25, 0.3) is 5.91 Å². The first-order valence-electron chi connectivity index (χ1n) is 6.97. The molecule has 128 valence electrons. The molecule has 0 fully saturated rings. The number of hydrogen-bond acceptors (Lipinski definition) is 3. The smallest absolute Gasteiger partial charge is 0.251 e. The van der Waals surface area contributed by atoms with Gasteiger partial charge in [0.15, 0.2) is 0 Å². The molecule has 2 aromatic rings. The first kappa shape index (κ1) is 18.7. The van der Waals surface area contributed by atoms with Gasteiger partial charge >= 0.3 is 0 Å². The van der Waals surface area contributed by atoms with Crippen molar-refractivity contribution in [2.24, 2.45) is 0 Å². The average molecular weight is 387 g/mol. The summed E-state index contributed by atoms with van der Waals surface area (Å²) in [6, 6.07) is 11.3. The molecule has 0 aliphatic carbocycles. The van der Waals surface area contributed by atoms with E-state index in [0.29, 0.717) is 5.02 Å². The van der Waals surface area contributed by atoms with E-state index in [9.17, 15) is 13.2 Å². The van der Waals surface area contributed by atoms with Crippen LogP contribution in [0.25, 0.3) is 0 Å². The Balaban J connectivity index is 2.23. The maximum Gasteiger partial charge on any atom is 0.251 e. The Morgan fingerprint density at radius 1 is 1.08 bits per heavy atom. The first-order chi connectivity index (χ1) is 11.2. The minimum atomic E-state index is -3.74. The van der Waals surface area contributed by atoms with Crippen molar-refractivity contribution in [2.45, 2.75) is 11.4 Å². The van der Waals surface area contributed by atoms with Gasteiger partial charge in [-0.3, -0.25) is 4.79 Å². The fourth-order valence-electron chi connectivity index (χ4n) is 1.96. The number of nitrogens with zero attached hydrogens (tertiary/aromatic N) is 1. The highest BCUT2D eigenvalue weighted by molar-refractivity contribution is 7.89. The molecule has 1 amide bonds. The normalized spacial score (nSPS) is 11.5. The Morgan fingerprint density at radius 2 is 1.75 bits per heavy atom. The van der Waals surface area contributed by atoms with E-state index in [4.69, 9.17) is 23.2 Å². The Kier molecular flexibility index (Phi) is 5.87. The van der Waals surface area contributed by atoms with Gasteiger partial charge in [-0.25, -0.2) is 12.7 Å². The van der Waals surface area contributed by atoms with E-state index in [-0.39, 0.29) is 22.0 Å². The van der Waals surface area contributed by atoms with Gasteiger partial charge in [-0.2, -0.15) is 0 Å². The molecule has 0 radical (unpaired) electrons. The molecule has 0 aromatic heterocycles. The van der Waals surface area contributed by atoms with E-state index < -0.39 is 15.9 Å². The van der Waals surface area contributed by atoms with Crippen molar-refractivity contribution < 1.29 is 13.2 Å². The number of amides is 1. The van der Waals surface area contributed by atoms with Crippen molar-refractivity contribution in [3.8, 4) is 0 Å². The highest BCUT2D eigenvalue weighted by atomic mass is 35.5. The van der Waals surface area contributed by atoms with Gasteiger partial charge in [0.1, 0.15) is 4.90 Å². The molecule has 2 rings (SSSR count). The van der Waals surface area contributed by atoms with Gasteiger partial charge in [-0.1, -0.05) is 41.4 Å². The van der Waals surface area contributed by atoms with Crippen molar-refractivity contribution in [2.75, 3.05) is 14.1 Å². The summed E-state index contributed by atoms with van der Waals surface area (Å²) in [6.45, 7) is 0.233. The van der Waals surface area contributed by atoms with Crippen LogP contribution in [0.1, 0.15) is 15.9 Å². The van der Waals surface area contributed by atoms with Gasteiger partial charge in [0.2, 0.25) is 10.0 Å². The lowest BCUT2D eigenvalue weighted by Gasteiger charge is -2.14. The second-order valence-corrected chi connectivity index (χ2v) is 8.14. The van der Waals surface area contributed by atoms with E-state index in [2.05, 4.69) is 5.32 Å². The molecule has 8 heteroatoms. The molecule has 0 saturated carbocycles. The molecular formula is C16H16Cl2N2O3S. The minimum absolute atomic E-state index is 0.0614. The molecule has 2 aromatic carbocycles.